The Morgan fingerprint density at radius 1 is 1.21 bits per heavy atom. The highest BCUT2D eigenvalue weighted by Gasteiger charge is 2.34. The van der Waals surface area contributed by atoms with E-state index in [1.165, 1.54) is 5.57 Å². The lowest BCUT2D eigenvalue weighted by molar-refractivity contribution is -0.120. The van der Waals surface area contributed by atoms with Gasteiger partial charge in [-0.3, -0.25) is 9.69 Å². The molecular formula is C23H36N4O. The second-order valence-electron chi connectivity index (χ2n) is 8.63. The first kappa shape index (κ1) is 21.0. The number of rotatable bonds is 6. The molecule has 28 heavy (non-hydrogen) atoms. The van der Waals surface area contributed by atoms with Gasteiger partial charge in [-0.25, -0.2) is 9.97 Å². The number of ketones is 1. The van der Waals surface area contributed by atoms with Gasteiger partial charge in [0.15, 0.2) is 5.82 Å². The fourth-order valence-electron chi connectivity index (χ4n) is 4.59. The van der Waals surface area contributed by atoms with Gasteiger partial charge in [-0.15, -0.1) is 0 Å². The zero-order valence-electron chi connectivity index (χ0n) is 18.2. The van der Waals surface area contributed by atoms with E-state index >= 15 is 0 Å². The third-order valence-corrected chi connectivity index (χ3v) is 6.53. The molecule has 0 aromatic carbocycles. The molecular weight excluding hydrogens is 348 g/mol. The van der Waals surface area contributed by atoms with E-state index in [1.54, 1.807) is 6.92 Å². The summed E-state index contributed by atoms with van der Waals surface area (Å²) < 4.78 is 0. The van der Waals surface area contributed by atoms with Gasteiger partial charge in [0.1, 0.15) is 11.6 Å². The van der Waals surface area contributed by atoms with Crippen molar-refractivity contribution in [2.75, 3.05) is 18.0 Å². The van der Waals surface area contributed by atoms with Crippen molar-refractivity contribution in [2.45, 2.75) is 84.8 Å². The Balaban J connectivity index is 1.85. The van der Waals surface area contributed by atoms with Crippen LogP contribution in [-0.2, 0) is 4.79 Å². The lowest BCUT2D eigenvalue weighted by Crippen LogP contribution is -2.60. The number of hydrogen-bond donors (Lipinski definition) is 0. The zero-order chi connectivity index (χ0) is 20.3. The average molecular weight is 385 g/mol. The first-order valence-electron chi connectivity index (χ1n) is 11.0. The summed E-state index contributed by atoms with van der Waals surface area (Å²) in [5.41, 5.74) is 1.20. The van der Waals surface area contributed by atoms with Gasteiger partial charge < -0.3 is 4.90 Å². The predicted octanol–water partition coefficient (Wildman–Crippen LogP) is 4.34. The van der Waals surface area contributed by atoms with Gasteiger partial charge in [-0.1, -0.05) is 19.9 Å². The SMILES string of the molecule is CCC1CN(C(C)C)CC(CC)N1c1ccnc(C2=CCC(C(C)=O)CC2)n1. The summed E-state index contributed by atoms with van der Waals surface area (Å²) in [5.74, 6) is 2.37. The number of hydrogen-bond acceptors (Lipinski definition) is 5. The van der Waals surface area contributed by atoms with Gasteiger partial charge in [-0.05, 0) is 64.5 Å². The molecule has 1 aliphatic carbocycles. The molecule has 3 atom stereocenters. The quantitative estimate of drug-likeness (QED) is 0.730. The largest absolute Gasteiger partial charge is 0.348 e. The highest BCUT2D eigenvalue weighted by atomic mass is 16.1. The van der Waals surface area contributed by atoms with Crippen LogP contribution in [-0.4, -0.2) is 51.9 Å². The molecule has 1 aromatic rings. The fraction of sp³-hybridized carbons (Fsp3) is 0.696. The first-order chi connectivity index (χ1) is 13.4. The summed E-state index contributed by atoms with van der Waals surface area (Å²) in [6.45, 7) is 13.0. The van der Waals surface area contributed by atoms with Gasteiger partial charge in [0.2, 0.25) is 0 Å². The molecule has 5 heteroatoms. The Labute approximate surface area is 170 Å². The Morgan fingerprint density at radius 2 is 1.89 bits per heavy atom. The van der Waals surface area contributed by atoms with Crippen molar-refractivity contribution in [1.29, 1.82) is 0 Å². The number of Topliss-reactive ketones (excluding diaryl/α,β-unsaturated/α-hetero) is 1. The number of anilines is 1. The lowest BCUT2D eigenvalue weighted by Gasteiger charge is -2.48. The van der Waals surface area contributed by atoms with Crippen LogP contribution in [0.1, 0.15) is 72.5 Å². The molecule has 154 valence electrons. The van der Waals surface area contributed by atoms with Crippen LogP contribution in [0.5, 0.6) is 0 Å². The normalized spacial score (nSPS) is 26.4. The van der Waals surface area contributed by atoms with Gasteiger partial charge in [-0.2, -0.15) is 0 Å². The summed E-state index contributed by atoms with van der Waals surface area (Å²) in [4.78, 5) is 26.4. The van der Waals surface area contributed by atoms with Crippen LogP contribution >= 0.6 is 0 Å². The second kappa shape index (κ2) is 9.17. The third kappa shape index (κ3) is 4.45. The fourth-order valence-corrected chi connectivity index (χ4v) is 4.59. The minimum Gasteiger partial charge on any atom is -0.348 e. The molecule has 0 radical (unpaired) electrons. The molecule has 1 fully saturated rings. The van der Waals surface area contributed by atoms with Crippen LogP contribution in [0.15, 0.2) is 18.3 Å². The van der Waals surface area contributed by atoms with Crippen molar-refractivity contribution in [1.82, 2.24) is 14.9 Å². The molecule has 2 aliphatic rings. The molecule has 0 amide bonds. The molecule has 1 aromatic heterocycles. The van der Waals surface area contributed by atoms with Gasteiger partial charge in [0.05, 0.1) is 0 Å². The van der Waals surface area contributed by atoms with Crippen LogP contribution in [0.25, 0.3) is 5.57 Å². The Bertz CT molecular complexity index is 700. The molecule has 2 heterocycles. The Morgan fingerprint density at radius 3 is 2.39 bits per heavy atom. The van der Waals surface area contributed by atoms with Gasteiger partial charge in [0, 0.05) is 43.3 Å². The minimum absolute atomic E-state index is 0.171. The highest BCUT2D eigenvalue weighted by molar-refractivity contribution is 5.79. The summed E-state index contributed by atoms with van der Waals surface area (Å²) in [5, 5.41) is 0. The van der Waals surface area contributed by atoms with E-state index in [0.29, 0.717) is 23.9 Å². The van der Waals surface area contributed by atoms with E-state index in [4.69, 9.17) is 4.98 Å². The van der Waals surface area contributed by atoms with E-state index in [2.05, 4.69) is 54.6 Å². The minimum atomic E-state index is 0.171. The molecule has 0 N–H and O–H groups in total. The second-order valence-corrected chi connectivity index (χ2v) is 8.63. The van der Waals surface area contributed by atoms with Crippen molar-refractivity contribution >= 4 is 17.2 Å². The van der Waals surface area contributed by atoms with Crippen LogP contribution in [0, 0.1) is 5.92 Å². The molecule has 5 nitrogen and oxygen atoms in total. The van der Waals surface area contributed by atoms with E-state index < -0.39 is 0 Å². The monoisotopic (exact) mass is 384 g/mol. The van der Waals surface area contributed by atoms with Gasteiger partial charge >= 0.3 is 0 Å². The van der Waals surface area contributed by atoms with Crippen LogP contribution in [0.4, 0.5) is 5.82 Å². The number of nitrogens with zero attached hydrogens (tertiary/aromatic N) is 4. The number of aromatic nitrogens is 2. The van der Waals surface area contributed by atoms with Crippen molar-refractivity contribution in [3.8, 4) is 0 Å². The summed E-state index contributed by atoms with van der Waals surface area (Å²) in [6.07, 6.45) is 8.94. The molecule has 3 rings (SSSR count). The standard InChI is InChI=1S/C23H36N4O/c1-6-20-14-26(16(3)4)15-21(7-2)27(20)22-12-13-24-23(25-22)19-10-8-18(9-11-19)17(5)28/h10,12-13,16,18,20-21H,6-9,11,14-15H2,1-5H3. The maximum Gasteiger partial charge on any atom is 0.157 e. The molecule has 1 aliphatic heterocycles. The average Bonchev–Trinajstić information content (AvgIpc) is 2.72. The van der Waals surface area contributed by atoms with E-state index in [9.17, 15) is 4.79 Å². The van der Waals surface area contributed by atoms with Gasteiger partial charge in [0.25, 0.3) is 0 Å². The highest BCUT2D eigenvalue weighted by Crippen LogP contribution is 2.31. The summed E-state index contributed by atoms with van der Waals surface area (Å²) in [6, 6.07) is 3.60. The van der Waals surface area contributed by atoms with Crippen molar-refractivity contribution in [3.05, 3.63) is 24.2 Å². The molecule has 0 spiro atoms. The topological polar surface area (TPSA) is 49.3 Å². The molecule has 0 bridgehead atoms. The maximum atomic E-state index is 11.6. The lowest BCUT2D eigenvalue weighted by atomic mass is 9.87. The number of carbonyl (C=O) groups is 1. The Kier molecular flexibility index (Phi) is 6.86. The Hall–Kier alpha value is -1.75. The van der Waals surface area contributed by atoms with Crippen LogP contribution in [0.2, 0.25) is 0 Å². The number of allylic oxidation sites excluding steroid dienone is 2. The van der Waals surface area contributed by atoms with Crippen molar-refractivity contribution < 1.29 is 4.79 Å². The third-order valence-electron chi connectivity index (χ3n) is 6.53. The first-order valence-corrected chi connectivity index (χ1v) is 11.0. The molecule has 3 unspecified atom stereocenters. The van der Waals surface area contributed by atoms with E-state index in [1.807, 2.05) is 6.20 Å². The summed E-state index contributed by atoms with van der Waals surface area (Å²) in [7, 11) is 0. The smallest absolute Gasteiger partial charge is 0.157 e. The molecule has 0 saturated carbocycles. The predicted molar refractivity (Wildman–Crippen MR) is 115 cm³/mol. The van der Waals surface area contributed by atoms with E-state index in [0.717, 1.165) is 56.8 Å². The van der Waals surface area contributed by atoms with Crippen molar-refractivity contribution in [2.24, 2.45) is 5.92 Å². The van der Waals surface area contributed by atoms with Crippen LogP contribution < -0.4 is 4.90 Å². The molecule has 1 saturated heterocycles. The number of piperazine rings is 1. The van der Waals surface area contributed by atoms with Crippen molar-refractivity contribution in [3.63, 3.8) is 0 Å². The number of carbonyl (C=O) groups excluding carboxylic acids is 1. The van der Waals surface area contributed by atoms with E-state index in [-0.39, 0.29) is 5.92 Å². The zero-order valence-corrected chi connectivity index (χ0v) is 18.2. The maximum absolute atomic E-state index is 11.6. The summed E-state index contributed by atoms with van der Waals surface area (Å²) >= 11 is 0. The van der Waals surface area contributed by atoms with Crippen LogP contribution in [0.3, 0.4) is 0 Å².